The normalized spacial score (nSPS) is 44.0. The zero-order valence-corrected chi connectivity index (χ0v) is 12.9. The Morgan fingerprint density at radius 2 is 1.76 bits per heavy atom. The van der Waals surface area contributed by atoms with Gasteiger partial charge in [-0.15, -0.1) is 11.6 Å². The largest absolute Gasteiger partial charge is 0.481 e. The molecule has 2 atom stereocenters. The van der Waals surface area contributed by atoms with Gasteiger partial charge in [0.2, 0.25) is 0 Å². The Balaban J connectivity index is 1.80. The van der Waals surface area contributed by atoms with Crippen molar-refractivity contribution in [3.63, 3.8) is 0 Å². The van der Waals surface area contributed by atoms with Crippen LogP contribution in [0.15, 0.2) is 30.3 Å². The quantitative estimate of drug-likeness (QED) is 0.855. The molecule has 2 unspecified atom stereocenters. The van der Waals surface area contributed by atoms with Gasteiger partial charge in [-0.1, -0.05) is 30.3 Å². The van der Waals surface area contributed by atoms with E-state index in [1.54, 1.807) is 0 Å². The van der Waals surface area contributed by atoms with Crippen molar-refractivity contribution >= 4 is 17.6 Å². The number of aliphatic carboxylic acids is 1. The highest BCUT2D eigenvalue weighted by atomic mass is 35.5. The Kier molecular flexibility index (Phi) is 2.91. The highest BCUT2D eigenvalue weighted by molar-refractivity contribution is 6.18. The number of benzene rings is 1. The number of hydrogen-bond acceptors (Lipinski definition) is 1. The molecule has 0 radical (unpaired) electrons. The number of alkyl halides is 1. The van der Waals surface area contributed by atoms with Gasteiger partial charge in [0.25, 0.3) is 0 Å². The zero-order chi connectivity index (χ0) is 14.7. The molecule has 2 nitrogen and oxygen atoms in total. The van der Waals surface area contributed by atoms with E-state index in [1.807, 2.05) is 6.07 Å². The van der Waals surface area contributed by atoms with Crippen LogP contribution in [0.4, 0.5) is 0 Å². The fourth-order valence-electron chi connectivity index (χ4n) is 5.88. The molecule has 4 aliphatic carbocycles. The van der Waals surface area contributed by atoms with Crippen molar-refractivity contribution in [2.45, 2.75) is 37.5 Å². The smallest absolute Gasteiger partial charge is 0.309 e. The first-order valence-corrected chi connectivity index (χ1v) is 8.47. The SMILES string of the molecule is O=C(O)C12CC3CC(c4ccccc4)(CC(C1)C3CCl)C2. The first kappa shape index (κ1) is 13.6. The Bertz CT molecular complexity index is 552. The van der Waals surface area contributed by atoms with Gasteiger partial charge in [-0.05, 0) is 60.8 Å². The minimum atomic E-state index is -0.578. The van der Waals surface area contributed by atoms with Gasteiger partial charge in [0.15, 0.2) is 0 Å². The third-order valence-electron chi connectivity index (χ3n) is 6.52. The van der Waals surface area contributed by atoms with Crippen LogP contribution >= 0.6 is 11.6 Å². The zero-order valence-electron chi connectivity index (χ0n) is 12.1. The van der Waals surface area contributed by atoms with Crippen LogP contribution in [-0.2, 0) is 10.2 Å². The average Bonchev–Trinajstić information content (AvgIpc) is 2.47. The van der Waals surface area contributed by atoms with Crippen LogP contribution in [0.2, 0.25) is 0 Å². The summed E-state index contributed by atoms with van der Waals surface area (Å²) >= 11 is 6.21. The topological polar surface area (TPSA) is 37.3 Å². The Hall–Kier alpha value is -1.02. The van der Waals surface area contributed by atoms with E-state index in [-0.39, 0.29) is 5.41 Å². The second-order valence-electron chi connectivity index (χ2n) is 7.56. The second-order valence-corrected chi connectivity index (χ2v) is 7.87. The first-order valence-electron chi connectivity index (χ1n) is 7.93. The van der Waals surface area contributed by atoms with E-state index in [1.165, 1.54) is 5.56 Å². The van der Waals surface area contributed by atoms with Gasteiger partial charge < -0.3 is 5.11 Å². The lowest BCUT2D eigenvalue weighted by molar-refractivity contribution is -0.173. The lowest BCUT2D eigenvalue weighted by Gasteiger charge is -2.63. The third kappa shape index (κ3) is 1.81. The summed E-state index contributed by atoms with van der Waals surface area (Å²) < 4.78 is 0. The number of rotatable bonds is 3. The number of halogens is 1. The minimum absolute atomic E-state index is 0.0774. The number of carboxylic acid groups (broad SMARTS) is 1. The van der Waals surface area contributed by atoms with E-state index in [4.69, 9.17) is 11.6 Å². The molecule has 4 fully saturated rings. The molecule has 112 valence electrons. The highest BCUT2D eigenvalue weighted by Crippen LogP contribution is 2.67. The monoisotopic (exact) mass is 304 g/mol. The molecular weight excluding hydrogens is 284 g/mol. The van der Waals surface area contributed by atoms with Gasteiger partial charge in [0.1, 0.15) is 0 Å². The maximum atomic E-state index is 12.0. The van der Waals surface area contributed by atoms with E-state index in [0.29, 0.717) is 23.6 Å². The van der Waals surface area contributed by atoms with E-state index in [9.17, 15) is 9.90 Å². The summed E-state index contributed by atoms with van der Waals surface area (Å²) in [7, 11) is 0. The predicted molar refractivity (Wildman–Crippen MR) is 82.5 cm³/mol. The second kappa shape index (κ2) is 4.49. The van der Waals surface area contributed by atoms with Crippen LogP contribution < -0.4 is 0 Å². The molecule has 0 aromatic heterocycles. The summed E-state index contributed by atoms with van der Waals surface area (Å²) in [4.78, 5) is 12.0. The lowest BCUT2D eigenvalue weighted by atomic mass is 9.40. The maximum Gasteiger partial charge on any atom is 0.309 e. The van der Waals surface area contributed by atoms with Gasteiger partial charge in [-0.2, -0.15) is 0 Å². The number of carboxylic acids is 1. The molecule has 4 bridgehead atoms. The molecule has 3 heteroatoms. The molecule has 5 rings (SSSR count). The summed E-state index contributed by atoms with van der Waals surface area (Å²) in [5.74, 6) is 1.61. The molecular formula is C18H21ClO2. The van der Waals surface area contributed by atoms with Crippen LogP contribution in [-0.4, -0.2) is 17.0 Å². The molecule has 4 saturated carbocycles. The van der Waals surface area contributed by atoms with Crippen LogP contribution in [0.5, 0.6) is 0 Å². The summed E-state index contributed by atoms with van der Waals surface area (Å²) in [6.07, 6.45) is 4.75. The summed E-state index contributed by atoms with van der Waals surface area (Å²) in [6, 6.07) is 10.6. The minimum Gasteiger partial charge on any atom is -0.481 e. The van der Waals surface area contributed by atoms with E-state index in [0.717, 1.165) is 32.1 Å². The summed E-state index contributed by atoms with van der Waals surface area (Å²) in [5.41, 5.74) is 0.927. The number of hydrogen-bond donors (Lipinski definition) is 1. The van der Waals surface area contributed by atoms with Crippen LogP contribution in [0.1, 0.15) is 37.7 Å². The lowest BCUT2D eigenvalue weighted by Crippen LogP contribution is -2.60. The average molecular weight is 305 g/mol. The Morgan fingerprint density at radius 3 is 2.29 bits per heavy atom. The van der Waals surface area contributed by atoms with Gasteiger partial charge in [0.05, 0.1) is 5.41 Å². The number of carbonyl (C=O) groups is 1. The predicted octanol–water partition coefficient (Wildman–Crippen LogP) is 4.07. The van der Waals surface area contributed by atoms with Crippen LogP contribution in [0, 0.1) is 23.2 Å². The van der Waals surface area contributed by atoms with E-state index in [2.05, 4.69) is 24.3 Å². The van der Waals surface area contributed by atoms with Crippen molar-refractivity contribution in [2.75, 3.05) is 5.88 Å². The van der Waals surface area contributed by atoms with Gasteiger partial charge >= 0.3 is 5.97 Å². The molecule has 0 amide bonds. The fourth-order valence-corrected chi connectivity index (χ4v) is 6.38. The maximum absolute atomic E-state index is 12.0. The van der Waals surface area contributed by atoms with E-state index >= 15 is 0 Å². The van der Waals surface area contributed by atoms with Crippen molar-refractivity contribution in [3.8, 4) is 0 Å². The molecule has 1 aromatic rings. The van der Waals surface area contributed by atoms with Crippen molar-refractivity contribution < 1.29 is 9.90 Å². The van der Waals surface area contributed by atoms with Gasteiger partial charge in [-0.3, -0.25) is 4.79 Å². The van der Waals surface area contributed by atoms with Crippen molar-refractivity contribution in [1.82, 2.24) is 0 Å². The molecule has 0 aliphatic heterocycles. The molecule has 1 N–H and O–H groups in total. The van der Waals surface area contributed by atoms with Crippen molar-refractivity contribution in [3.05, 3.63) is 35.9 Å². The summed E-state index contributed by atoms with van der Waals surface area (Å²) in [5, 5.41) is 9.87. The van der Waals surface area contributed by atoms with Crippen LogP contribution in [0.25, 0.3) is 0 Å². The standard InChI is InChI=1S/C18H21ClO2/c19-10-15-12-6-17(14-4-2-1-3-5-14)7-13(15)9-18(8-12,11-17)16(20)21/h1-5,12-13,15H,6-11H2,(H,20,21). The molecule has 0 heterocycles. The molecule has 21 heavy (non-hydrogen) atoms. The summed E-state index contributed by atoms with van der Waals surface area (Å²) in [6.45, 7) is 0. The molecule has 1 aromatic carbocycles. The molecule has 0 saturated heterocycles. The fraction of sp³-hybridized carbons (Fsp3) is 0.611. The van der Waals surface area contributed by atoms with Gasteiger partial charge in [-0.25, -0.2) is 0 Å². The highest BCUT2D eigenvalue weighted by Gasteiger charge is 2.63. The van der Waals surface area contributed by atoms with E-state index < -0.39 is 11.4 Å². The van der Waals surface area contributed by atoms with Crippen LogP contribution in [0.3, 0.4) is 0 Å². The Morgan fingerprint density at radius 1 is 1.14 bits per heavy atom. The van der Waals surface area contributed by atoms with Crippen molar-refractivity contribution in [2.24, 2.45) is 23.2 Å². The first-order chi connectivity index (χ1) is 10.1. The molecule has 4 aliphatic rings. The third-order valence-corrected chi connectivity index (χ3v) is 6.87. The molecule has 0 spiro atoms. The Labute approximate surface area is 130 Å². The van der Waals surface area contributed by atoms with Crippen molar-refractivity contribution in [1.29, 1.82) is 0 Å². The van der Waals surface area contributed by atoms with Gasteiger partial charge in [0, 0.05) is 5.88 Å².